The Morgan fingerprint density at radius 3 is 0.822 bits per heavy atom. The third kappa shape index (κ3) is 9.93. The van der Waals surface area contributed by atoms with Gasteiger partial charge in [0, 0.05) is 34.1 Å². The van der Waals surface area contributed by atoms with E-state index >= 15 is 0 Å². The molecule has 0 N–H and O–H groups in total. The van der Waals surface area contributed by atoms with Crippen LogP contribution in [0.15, 0.2) is 401 Å². The third-order valence-corrected chi connectivity index (χ3v) is 23.7. The van der Waals surface area contributed by atoms with Gasteiger partial charge in [0.1, 0.15) is 0 Å². The normalized spacial score (nSPS) is 16.3. The molecule has 16 aromatic rings. The summed E-state index contributed by atoms with van der Waals surface area (Å²) >= 11 is 0. The highest BCUT2D eigenvalue weighted by molar-refractivity contribution is 5.99. The molecule has 0 radical (unpaired) electrons. The number of hydrogen-bond acceptors (Lipinski definition) is 2. The molecule has 0 aromatic heterocycles. The molecule has 2 heteroatoms. The second-order valence-electron chi connectivity index (χ2n) is 29.1. The van der Waals surface area contributed by atoms with Gasteiger partial charge in [0.2, 0.25) is 0 Å². The summed E-state index contributed by atoms with van der Waals surface area (Å²) in [5.41, 5.74) is 36.9. The van der Waals surface area contributed by atoms with Gasteiger partial charge in [0.25, 0.3) is 0 Å². The minimum absolute atomic E-state index is 0.521. The van der Waals surface area contributed by atoms with E-state index in [2.05, 4.69) is 411 Å². The summed E-state index contributed by atoms with van der Waals surface area (Å²) in [6.07, 6.45) is 5.41. The van der Waals surface area contributed by atoms with E-state index in [1.54, 1.807) is 0 Å². The quantitative estimate of drug-likeness (QED) is 0.0951. The van der Waals surface area contributed by atoms with Crippen molar-refractivity contribution >= 4 is 46.3 Å². The zero-order valence-electron chi connectivity index (χ0n) is 59.3. The van der Waals surface area contributed by atoms with Gasteiger partial charge in [-0.2, -0.15) is 0 Å². The van der Waals surface area contributed by atoms with Crippen molar-refractivity contribution < 1.29 is 0 Å². The van der Waals surface area contributed by atoms with Gasteiger partial charge in [-0.15, -0.1) is 0 Å². The van der Waals surface area contributed by atoms with Gasteiger partial charge >= 0.3 is 0 Å². The molecular formula is C105H74N2. The molecule has 1 spiro atoms. The molecule has 0 fully saturated rings. The lowest BCUT2D eigenvalue weighted by atomic mass is 9.68. The lowest BCUT2D eigenvalue weighted by molar-refractivity contribution is 0.629. The van der Waals surface area contributed by atoms with E-state index in [1.807, 2.05) is 12.2 Å². The summed E-state index contributed by atoms with van der Waals surface area (Å²) in [5.74, 6) is 0. The maximum absolute atomic E-state index is 4.12. The van der Waals surface area contributed by atoms with Crippen LogP contribution in [0, 0.1) is 0 Å². The fourth-order valence-electron chi connectivity index (χ4n) is 19.0. The van der Waals surface area contributed by atoms with Crippen LogP contribution in [-0.2, 0) is 29.1 Å². The zero-order chi connectivity index (χ0) is 71.2. The van der Waals surface area contributed by atoms with E-state index < -0.39 is 16.2 Å². The van der Waals surface area contributed by atoms with Gasteiger partial charge in [-0.05, 0) is 230 Å². The maximum atomic E-state index is 4.12. The second kappa shape index (κ2) is 25.5. The molecule has 504 valence electrons. The van der Waals surface area contributed by atoms with Gasteiger partial charge in [-0.1, -0.05) is 341 Å². The van der Waals surface area contributed by atoms with Crippen molar-refractivity contribution in [1.29, 1.82) is 0 Å². The largest absolute Gasteiger partial charge is 0.310 e. The SMILES string of the molecule is C=Cc1ccc(CC2(c3ccccc3)c3ccccc3-c3ccc(N(c4ccc(-c5ccccc5)cc4)c4ccc5c(c4)C4(c6ccccc6-5)c5ccccc5-c5ccc(N(c6ccc(-c7ccccc7)cc6)c6ccc7c(c6)C(Cc6ccc(C=C)cc6)(c6ccccc6)c6ccccc6-7)cc54)cc32)cc1. The minimum atomic E-state index is -0.734. The summed E-state index contributed by atoms with van der Waals surface area (Å²) in [5, 5.41) is 0. The predicted molar refractivity (Wildman–Crippen MR) is 447 cm³/mol. The van der Waals surface area contributed by atoms with Crippen molar-refractivity contribution in [3.8, 4) is 66.8 Å². The van der Waals surface area contributed by atoms with Crippen LogP contribution in [0.2, 0.25) is 0 Å². The second-order valence-corrected chi connectivity index (χ2v) is 29.1. The molecule has 2 nitrogen and oxygen atoms in total. The number of nitrogens with zero attached hydrogens (tertiary/aromatic N) is 2. The van der Waals surface area contributed by atoms with Crippen molar-refractivity contribution in [2.45, 2.75) is 29.1 Å². The number of benzene rings is 16. The third-order valence-electron chi connectivity index (χ3n) is 23.7. The minimum Gasteiger partial charge on any atom is -0.310 e. The summed E-state index contributed by atoms with van der Waals surface area (Å²) in [7, 11) is 0. The summed E-state index contributed by atoms with van der Waals surface area (Å²) in [4.78, 5) is 5.06. The Morgan fingerprint density at radius 1 is 0.215 bits per heavy atom. The molecule has 107 heavy (non-hydrogen) atoms. The summed E-state index contributed by atoms with van der Waals surface area (Å²) < 4.78 is 0. The Hall–Kier alpha value is -13.4. The van der Waals surface area contributed by atoms with Crippen LogP contribution >= 0.6 is 0 Å². The molecule has 4 aliphatic rings. The molecule has 0 bridgehead atoms. The maximum Gasteiger partial charge on any atom is 0.0727 e. The average Bonchev–Trinajstić information content (AvgIpc) is 1.50. The van der Waals surface area contributed by atoms with E-state index in [0.29, 0.717) is 0 Å². The Bertz CT molecular complexity index is 5760. The van der Waals surface area contributed by atoms with E-state index in [1.165, 1.54) is 134 Å². The Labute approximate surface area is 627 Å². The van der Waals surface area contributed by atoms with Crippen molar-refractivity contribution in [2.75, 3.05) is 9.80 Å². The average molecular weight is 1360 g/mol. The smallest absolute Gasteiger partial charge is 0.0727 e. The fraction of sp³-hybridized carbons (Fsp3) is 0.0476. The number of hydrogen-bond donors (Lipinski definition) is 0. The first-order valence-electron chi connectivity index (χ1n) is 37.3. The van der Waals surface area contributed by atoms with Crippen molar-refractivity contribution in [1.82, 2.24) is 0 Å². The van der Waals surface area contributed by atoms with Crippen LogP contribution in [0.25, 0.3) is 78.9 Å². The van der Waals surface area contributed by atoms with Gasteiger partial charge in [-0.3, -0.25) is 0 Å². The Balaban J connectivity index is 0.799. The summed E-state index contributed by atoms with van der Waals surface area (Å²) in [6.45, 7) is 8.24. The van der Waals surface area contributed by atoms with Crippen molar-refractivity contribution in [2.24, 2.45) is 0 Å². The van der Waals surface area contributed by atoms with Crippen LogP contribution in [0.5, 0.6) is 0 Å². The first-order chi connectivity index (χ1) is 52.9. The van der Waals surface area contributed by atoms with Crippen LogP contribution < -0.4 is 9.80 Å². The summed E-state index contributed by atoms with van der Waals surface area (Å²) in [6, 6.07) is 146. The molecular weight excluding hydrogens is 1290 g/mol. The lowest BCUT2D eigenvalue weighted by Gasteiger charge is -2.35. The molecule has 2 unspecified atom stereocenters. The molecule has 2 atom stereocenters. The number of rotatable bonds is 16. The Morgan fingerprint density at radius 2 is 0.477 bits per heavy atom. The molecule has 0 aliphatic heterocycles. The first-order valence-corrected chi connectivity index (χ1v) is 37.3. The highest BCUT2D eigenvalue weighted by Crippen LogP contribution is 2.65. The molecule has 0 saturated carbocycles. The molecule has 20 rings (SSSR count). The molecule has 4 aliphatic carbocycles. The van der Waals surface area contributed by atoms with Crippen LogP contribution in [0.3, 0.4) is 0 Å². The standard InChI is InChI=1S/C105H74N2/c1-3-71-41-45-73(46-42-71)69-103(79-29-13-7-14-30-79)95-37-21-17-33-87(95)91-61-57-83(65-99(91)103)106(81-53-49-77(50-54-81)75-25-9-5-10-26-75)85-59-63-93-89-35-19-23-39-97(89)105(101(93)67-85)98-40-24-20-36-90(98)94-64-60-86(68-102(94)105)107(82-55-51-78(52-56-82)76-27-11-6-12-28-76)84-58-62-92-88-34-18-22-38-96(88)104(100(92)66-84,80-31-15-8-16-32-80)70-74-47-43-72(4-2)44-48-74/h3-68H,1-2,69-70H2. The zero-order valence-corrected chi connectivity index (χ0v) is 59.3. The van der Waals surface area contributed by atoms with Crippen molar-refractivity contribution in [3.63, 3.8) is 0 Å². The highest BCUT2D eigenvalue weighted by atomic mass is 15.1. The first kappa shape index (κ1) is 63.3. The Kier molecular flexibility index (Phi) is 15.1. The molecule has 0 saturated heterocycles. The molecule has 0 heterocycles. The topological polar surface area (TPSA) is 6.48 Å². The van der Waals surface area contributed by atoms with Crippen LogP contribution in [-0.4, -0.2) is 0 Å². The highest BCUT2D eigenvalue weighted by Gasteiger charge is 2.53. The van der Waals surface area contributed by atoms with Crippen LogP contribution in [0.4, 0.5) is 34.1 Å². The number of fused-ring (bicyclic) bond motifs is 16. The van der Waals surface area contributed by atoms with Crippen LogP contribution in [0.1, 0.15) is 77.9 Å². The molecule has 0 amide bonds. The van der Waals surface area contributed by atoms with Crippen molar-refractivity contribution in [3.05, 3.63) is 479 Å². The predicted octanol–water partition coefficient (Wildman–Crippen LogP) is 26.7. The number of anilines is 6. The van der Waals surface area contributed by atoms with E-state index in [-0.39, 0.29) is 0 Å². The molecule has 16 aromatic carbocycles. The van der Waals surface area contributed by atoms with Gasteiger partial charge in [0.05, 0.1) is 16.2 Å². The van der Waals surface area contributed by atoms with Gasteiger partial charge < -0.3 is 9.80 Å². The lowest BCUT2D eigenvalue weighted by Crippen LogP contribution is -2.30. The van der Waals surface area contributed by atoms with E-state index in [4.69, 9.17) is 0 Å². The van der Waals surface area contributed by atoms with Gasteiger partial charge in [0.15, 0.2) is 0 Å². The van der Waals surface area contributed by atoms with Gasteiger partial charge in [-0.25, -0.2) is 0 Å². The van der Waals surface area contributed by atoms with E-state index in [9.17, 15) is 0 Å². The fourth-order valence-corrected chi connectivity index (χ4v) is 19.0. The van der Waals surface area contributed by atoms with E-state index in [0.717, 1.165) is 58.1 Å². The monoisotopic (exact) mass is 1360 g/mol.